The molecular weight excluding hydrogens is 753 g/mol. The molecule has 0 saturated heterocycles. The number of aromatic nitrogens is 2. The van der Waals surface area contributed by atoms with Gasteiger partial charge in [0.05, 0.1) is 16.8 Å². The van der Waals surface area contributed by atoms with Gasteiger partial charge in [0.25, 0.3) is 0 Å². The summed E-state index contributed by atoms with van der Waals surface area (Å²) in [6, 6.07) is 82.3. The average Bonchev–Trinajstić information content (AvgIpc) is 3.88. The fraction of sp³-hybridized carbons (Fsp3) is 0.0169. The van der Waals surface area contributed by atoms with Crippen LogP contribution in [0.1, 0.15) is 22.3 Å². The largest absolute Gasteiger partial charge is 0.456 e. The summed E-state index contributed by atoms with van der Waals surface area (Å²) >= 11 is 0. The van der Waals surface area contributed by atoms with Gasteiger partial charge in [-0.3, -0.25) is 0 Å². The van der Waals surface area contributed by atoms with Crippen LogP contribution in [0.3, 0.4) is 0 Å². The number of hydrogen-bond donors (Lipinski definition) is 0. The highest BCUT2D eigenvalue weighted by molar-refractivity contribution is 6.07. The van der Waals surface area contributed by atoms with Gasteiger partial charge < -0.3 is 4.42 Å². The number of para-hydroxylation sites is 1. The number of hydrogen-bond acceptors (Lipinski definition) is 3. The smallest absolute Gasteiger partial charge is 0.160 e. The molecule has 3 heteroatoms. The summed E-state index contributed by atoms with van der Waals surface area (Å²) in [6.45, 7) is 0. The highest BCUT2D eigenvalue weighted by atomic mass is 16.3. The first-order valence-electron chi connectivity index (χ1n) is 21.1. The highest BCUT2D eigenvalue weighted by Crippen LogP contribution is 2.58. The van der Waals surface area contributed by atoms with E-state index in [1.54, 1.807) is 0 Å². The molecule has 62 heavy (non-hydrogen) atoms. The van der Waals surface area contributed by atoms with E-state index in [0.717, 1.165) is 72.3 Å². The van der Waals surface area contributed by atoms with Crippen LogP contribution in [0, 0.1) is 0 Å². The van der Waals surface area contributed by atoms with Crippen LogP contribution in [0.5, 0.6) is 0 Å². The first-order valence-corrected chi connectivity index (χ1v) is 21.1. The maximum absolute atomic E-state index is 6.19. The van der Waals surface area contributed by atoms with Gasteiger partial charge >= 0.3 is 0 Å². The summed E-state index contributed by atoms with van der Waals surface area (Å²) in [5.74, 6) is 0.683. The second-order valence-corrected chi connectivity index (χ2v) is 16.0. The normalized spacial score (nSPS) is 12.6. The zero-order valence-electron chi connectivity index (χ0n) is 33.7. The van der Waals surface area contributed by atoms with Gasteiger partial charge in [-0.05, 0) is 86.0 Å². The standard InChI is InChI=1S/C59H38N2O/c1-4-18-39(19-5-1)58-60-53(42-21-16-20-40(36-42)45-26-10-11-27-46(45)41-34-35-56-51(37-41)48-29-13-15-33-55(48)62-56)38-54(61-58)50-31-17-30-49-47-28-12-14-32-52(47)59(57(49)50,43-22-6-2-7-23-43)44-24-8-3-9-25-44/h1-38H. The second kappa shape index (κ2) is 14.5. The fourth-order valence-electron chi connectivity index (χ4n) is 9.89. The van der Waals surface area contributed by atoms with Crippen molar-refractivity contribution in [2.75, 3.05) is 0 Å². The van der Waals surface area contributed by atoms with E-state index in [1.165, 1.54) is 33.4 Å². The molecule has 0 radical (unpaired) electrons. The van der Waals surface area contributed by atoms with E-state index in [1.807, 2.05) is 18.2 Å². The second-order valence-electron chi connectivity index (χ2n) is 16.0. The molecule has 9 aromatic carbocycles. The number of rotatable bonds is 7. The van der Waals surface area contributed by atoms with Crippen molar-refractivity contribution >= 4 is 21.9 Å². The van der Waals surface area contributed by atoms with Crippen molar-refractivity contribution < 1.29 is 4.42 Å². The minimum atomic E-state index is -0.585. The van der Waals surface area contributed by atoms with E-state index in [0.29, 0.717) is 5.82 Å². The van der Waals surface area contributed by atoms with Crippen molar-refractivity contribution in [2.24, 2.45) is 0 Å². The van der Waals surface area contributed by atoms with E-state index >= 15 is 0 Å². The Hall–Kier alpha value is -8.14. The maximum Gasteiger partial charge on any atom is 0.160 e. The molecule has 2 aromatic heterocycles. The lowest BCUT2D eigenvalue weighted by atomic mass is 9.66. The molecule has 0 bridgehead atoms. The molecule has 1 aliphatic rings. The Kier molecular flexibility index (Phi) is 8.39. The van der Waals surface area contributed by atoms with Crippen LogP contribution in [-0.4, -0.2) is 9.97 Å². The van der Waals surface area contributed by atoms with Crippen LogP contribution >= 0.6 is 0 Å². The van der Waals surface area contributed by atoms with Crippen molar-refractivity contribution in [3.05, 3.63) is 253 Å². The molecule has 1 aliphatic carbocycles. The van der Waals surface area contributed by atoms with Crippen molar-refractivity contribution in [1.29, 1.82) is 0 Å². The van der Waals surface area contributed by atoms with Gasteiger partial charge in [0.2, 0.25) is 0 Å². The monoisotopic (exact) mass is 790 g/mol. The molecule has 0 N–H and O–H groups in total. The maximum atomic E-state index is 6.19. The van der Waals surface area contributed by atoms with Gasteiger partial charge in [-0.25, -0.2) is 9.97 Å². The Morgan fingerprint density at radius 2 is 0.855 bits per heavy atom. The zero-order chi connectivity index (χ0) is 41.0. The van der Waals surface area contributed by atoms with Gasteiger partial charge in [-0.2, -0.15) is 0 Å². The SMILES string of the molecule is c1ccc(-c2nc(-c3cccc(-c4ccccc4-c4ccc5oc6ccccc6c5c4)c3)cc(-c3cccc4c3C(c3ccccc3)(c3ccccc3)c3ccccc3-4)n2)cc1. The summed E-state index contributed by atoms with van der Waals surface area (Å²) < 4.78 is 6.19. The summed E-state index contributed by atoms with van der Waals surface area (Å²) in [6.07, 6.45) is 0. The Balaban J connectivity index is 1.06. The van der Waals surface area contributed by atoms with Crippen LogP contribution in [0.25, 0.3) is 89.2 Å². The minimum absolute atomic E-state index is 0.585. The lowest BCUT2D eigenvalue weighted by Gasteiger charge is -2.35. The van der Waals surface area contributed by atoms with Crippen molar-refractivity contribution in [2.45, 2.75) is 5.41 Å². The van der Waals surface area contributed by atoms with Crippen LogP contribution < -0.4 is 0 Å². The van der Waals surface area contributed by atoms with Gasteiger partial charge in [0, 0.05) is 27.5 Å². The molecule has 0 saturated carbocycles. The van der Waals surface area contributed by atoms with Crippen LogP contribution in [0.4, 0.5) is 0 Å². The third-order valence-electron chi connectivity index (χ3n) is 12.6. The third kappa shape index (κ3) is 5.67. The summed E-state index contributed by atoms with van der Waals surface area (Å²) in [7, 11) is 0. The first kappa shape index (κ1) is 35.8. The molecule has 11 aromatic rings. The van der Waals surface area contributed by atoms with Gasteiger partial charge in [-0.15, -0.1) is 0 Å². The molecule has 12 rings (SSSR count). The van der Waals surface area contributed by atoms with E-state index < -0.39 is 5.41 Å². The molecule has 3 nitrogen and oxygen atoms in total. The molecule has 0 atom stereocenters. The topological polar surface area (TPSA) is 38.9 Å². The molecular formula is C59H38N2O. The molecule has 2 heterocycles. The number of benzene rings is 9. The van der Waals surface area contributed by atoms with Gasteiger partial charge in [-0.1, -0.05) is 200 Å². The summed E-state index contributed by atoms with van der Waals surface area (Å²) in [4.78, 5) is 10.8. The molecule has 0 fully saturated rings. The lowest BCUT2D eigenvalue weighted by Crippen LogP contribution is -2.29. The van der Waals surface area contributed by atoms with Crippen LogP contribution in [0.15, 0.2) is 235 Å². The summed E-state index contributed by atoms with van der Waals surface area (Å²) in [5, 5.41) is 2.23. The minimum Gasteiger partial charge on any atom is -0.456 e. The van der Waals surface area contributed by atoms with E-state index in [-0.39, 0.29) is 0 Å². The van der Waals surface area contributed by atoms with Crippen LogP contribution in [0.2, 0.25) is 0 Å². The molecule has 0 unspecified atom stereocenters. The van der Waals surface area contributed by atoms with Crippen molar-refractivity contribution in [3.63, 3.8) is 0 Å². The Morgan fingerprint density at radius 3 is 1.61 bits per heavy atom. The predicted octanol–water partition coefficient (Wildman–Crippen LogP) is 15.1. The molecule has 0 aliphatic heterocycles. The predicted molar refractivity (Wildman–Crippen MR) is 254 cm³/mol. The Morgan fingerprint density at radius 1 is 0.323 bits per heavy atom. The van der Waals surface area contributed by atoms with E-state index in [4.69, 9.17) is 14.4 Å². The Bertz CT molecular complexity index is 3420. The van der Waals surface area contributed by atoms with Crippen LogP contribution in [-0.2, 0) is 5.41 Å². The van der Waals surface area contributed by atoms with Crippen molar-refractivity contribution in [3.8, 4) is 67.3 Å². The van der Waals surface area contributed by atoms with Gasteiger partial charge in [0.15, 0.2) is 5.82 Å². The number of furan rings is 1. The van der Waals surface area contributed by atoms with Crippen molar-refractivity contribution in [1.82, 2.24) is 9.97 Å². The molecule has 290 valence electrons. The fourth-order valence-corrected chi connectivity index (χ4v) is 9.89. The number of nitrogens with zero attached hydrogens (tertiary/aromatic N) is 2. The first-order chi connectivity index (χ1) is 30.7. The molecule has 0 amide bonds. The number of fused-ring (bicyclic) bond motifs is 6. The molecule has 0 spiro atoms. The van der Waals surface area contributed by atoms with E-state index in [9.17, 15) is 0 Å². The quantitative estimate of drug-likeness (QED) is 0.161. The summed E-state index contributed by atoms with van der Waals surface area (Å²) in [5.41, 5.74) is 17.9. The lowest BCUT2D eigenvalue weighted by molar-refractivity contribution is 0.669. The Labute approximate surface area is 360 Å². The average molecular weight is 791 g/mol. The van der Waals surface area contributed by atoms with E-state index in [2.05, 4.69) is 212 Å². The highest BCUT2D eigenvalue weighted by Gasteiger charge is 2.47. The zero-order valence-corrected chi connectivity index (χ0v) is 33.7. The van der Waals surface area contributed by atoms with Gasteiger partial charge in [0.1, 0.15) is 11.2 Å². The third-order valence-corrected chi connectivity index (χ3v) is 12.6.